The van der Waals surface area contributed by atoms with Gasteiger partial charge in [-0.1, -0.05) is 88.1 Å². The van der Waals surface area contributed by atoms with E-state index in [9.17, 15) is 9.59 Å². The van der Waals surface area contributed by atoms with Crippen LogP contribution < -0.4 is 15.4 Å². The molecule has 0 spiro atoms. The van der Waals surface area contributed by atoms with E-state index in [0.29, 0.717) is 5.69 Å². The molecule has 2 amide bonds. The second-order valence-corrected chi connectivity index (χ2v) is 13.6. The molecular weight excluding hydrogens is 542 g/mol. The number of amides is 2. The average Bonchev–Trinajstić information content (AvgIpc) is 2.57. The first-order chi connectivity index (χ1) is 14.3. The number of nitrogens with one attached hydrogen (secondary N) is 2. The largest absolute Gasteiger partial charge is 0.449 e. The number of hydrogen-bond acceptors (Lipinski definition) is 6. The molecule has 0 aliphatic carbocycles. The first-order valence-corrected chi connectivity index (χ1v) is 12.3. The van der Waals surface area contributed by atoms with Crippen molar-refractivity contribution < 1.29 is 14.3 Å². The Bertz CT molecular complexity index is 823. The summed E-state index contributed by atoms with van der Waals surface area (Å²) in [6.07, 6.45) is -1.32. The Morgan fingerprint density at radius 2 is 1.47 bits per heavy atom. The first-order valence-electron chi connectivity index (χ1n) is 9.46. The van der Waals surface area contributed by atoms with Crippen LogP contribution in [0.2, 0.25) is 0 Å². The van der Waals surface area contributed by atoms with E-state index in [1.54, 1.807) is 48.5 Å². The molecule has 1 aromatic heterocycles. The summed E-state index contributed by atoms with van der Waals surface area (Å²) in [6.45, 7) is 12.1. The van der Waals surface area contributed by atoms with Crippen LogP contribution in [0.15, 0.2) is 11.2 Å². The first kappa shape index (κ1) is 29.7. The Hall–Kier alpha value is -0.380. The van der Waals surface area contributed by atoms with E-state index in [0.717, 1.165) is 11.8 Å². The number of aromatic nitrogens is 2. The zero-order valence-electron chi connectivity index (χ0n) is 18.7. The summed E-state index contributed by atoms with van der Waals surface area (Å²) in [7, 11) is 0. The van der Waals surface area contributed by atoms with E-state index in [2.05, 4.69) is 20.6 Å². The molecule has 0 radical (unpaired) electrons. The highest BCUT2D eigenvalue weighted by Gasteiger charge is 2.39. The van der Waals surface area contributed by atoms with Crippen LogP contribution in [0.25, 0.3) is 0 Å². The molecule has 32 heavy (non-hydrogen) atoms. The van der Waals surface area contributed by atoms with Crippen LogP contribution in [0.3, 0.4) is 0 Å². The number of halogens is 5. The van der Waals surface area contributed by atoms with Gasteiger partial charge in [-0.05, 0) is 6.92 Å². The number of ether oxygens (including phenoxy) is 1. The summed E-state index contributed by atoms with van der Waals surface area (Å²) in [5, 5.41) is 4.82. The van der Waals surface area contributed by atoms with Crippen molar-refractivity contribution in [3.63, 3.8) is 0 Å². The number of nitrogens with zero attached hydrogens (tertiary/aromatic N) is 2. The number of hydrogen-bond donors (Lipinski definition) is 2. The van der Waals surface area contributed by atoms with Gasteiger partial charge in [-0.25, -0.2) is 4.98 Å². The molecule has 1 rings (SSSR count). The number of carbonyl (C=O) groups is 2. The van der Waals surface area contributed by atoms with Gasteiger partial charge in [-0.2, -0.15) is 4.98 Å². The molecule has 0 aliphatic rings. The van der Waals surface area contributed by atoms with Gasteiger partial charge in [0.2, 0.25) is 27.7 Å². The van der Waals surface area contributed by atoms with Crippen LogP contribution in [0, 0.1) is 17.8 Å². The fourth-order valence-electron chi connectivity index (χ4n) is 1.86. The molecule has 2 atom stereocenters. The van der Waals surface area contributed by atoms with Gasteiger partial charge < -0.3 is 15.4 Å². The molecule has 7 nitrogen and oxygen atoms in total. The van der Waals surface area contributed by atoms with Crippen LogP contribution in [0.5, 0.6) is 5.88 Å². The van der Waals surface area contributed by atoms with Crippen molar-refractivity contribution in [2.75, 3.05) is 0 Å². The lowest BCUT2D eigenvalue weighted by Gasteiger charge is -2.29. The standard InChI is InChI=1S/C19H27Cl5N4O3S/c1-9-8-10(31-15(19(22,23)24)28-14(30)18(5,6)7)26-16(25-9)32-12(11(20)21)27-13(29)17(2,3)4/h8,11-12,15H,1-7H3,(H,27,29)(H,28,30)/t12-,15-/m1/s1. The molecule has 1 aromatic rings. The Kier molecular flexibility index (Phi) is 10.5. The van der Waals surface area contributed by atoms with Gasteiger partial charge in [-0.3, -0.25) is 9.59 Å². The molecule has 13 heteroatoms. The molecule has 0 aromatic carbocycles. The molecule has 0 bridgehead atoms. The lowest BCUT2D eigenvalue weighted by atomic mass is 9.96. The van der Waals surface area contributed by atoms with Gasteiger partial charge >= 0.3 is 0 Å². The lowest BCUT2D eigenvalue weighted by Crippen LogP contribution is -2.51. The van der Waals surface area contributed by atoms with Gasteiger partial charge in [0.25, 0.3) is 0 Å². The molecule has 0 aliphatic heterocycles. The summed E-state index contributed by atoms with van der Waals surface area (Å²) >= 11 is 31.2. The molecule has 182 valence electrons. The van der Waals surface area contributed by atoms with Crippen LogP contribution in [0.4, 0.5) is 0 Å². The molecule has 0 saturated heterocycles. The fraction of sp³-hybridized carbons (Fsp3) is 0.684. The van der Waals surface area contributed by atoms with Crippen LogP contribution in [0.1, 0.15) is 47.2 Å². The molecular formula is C19H27Cl5N4O3S. The Balaban J connectivity index is 3.13. The highest BCUT2D eigenvalue weighted by atomic mass is 35.6. The second kappa shape index (κ2) is 11.4. The quantitative estimate of drug-likeness (QED) is 0.198. The van der Waals surface area contributed by atoms with Crippen molar-refractivity contribution >= 4 is 81.6 Å². The van der Waals surface area contributed by atoms with Crippen molar-refractivity contribution in [3.05, 3.63) is 11.8 Å². The number of rotatable bonds is 7. The third-order valence-corrected chi connectivity index (χ3v) is 6.14. The topological polar surface area (TPSA) is 93.2 Å². The van der Waals surface area contributed by atoms with Crippen molar-refractivity contribution in [3.8, 4) is 5.88 Å². The maximum absolute atomic E-state index is 12.4. The Labute approximate surface area is 218 Å². The van der Waals surface area contributed by atoms with Gasteiger partial charge in [-0.15, -0.1) is 23.2 Å². The normalized spacial score (nSPS) is 14.7. The maximum Gasteiger partial charge on any atom is 0.246 e. The molecule has 0 unspecified atom stereocenters. The van der Waals surface area contributed by atoms with E-state index >= 15 is 0 Å². The zero-order valence-corrected chi connectivity index (χ0v) is 23.3. The lowest BCUT2D eigenvalue weighted by molar-refractivity contribution is -0.131. The predicted octanol–water partition coefficient (Wildman–Crippen LogP) is 5.41. The summed E-state index contributed by atoms with van der Waals surface area (Å²) in [6, 6.07) is 1.51. The number of thioether (sulfide) groups is 1. The summed E-state index contributed by atoms with van der Waals surface area (Å²) in [5.74, 6) is -0.579. The highest BCUT2D eigenvalue weighted by Crippen LogP contribution is 2.33. The molecule has 1 heterocycles. The average molecular weight is 569 g/mol. The number of carbonyl (C=O) groups excluding carboxylic acids is 2. The minimum Gasteiger partial charge on any atom is -0.449 e. The third kappa shape index (κ3) is 9.85. The van der Waals surface area contributed by atoms with Crippen molar-refractivity contribution in [1.29, 1.82) is 0 Å². The molecule has 0 fully saturated rings. The minimum absolute atomic E-state index is 0.0483. The van der Waals surface area contributed by atoms with Gasteiger partial charge in [0.1, 0.15) is 10.2 Å². The van der Waals surface area contributed by atoms with E-state index in [-0.39, 0.29) is 22.9 Å². The zero-order chi connectivity index (χ0) is 25.1. The summed E-state index contributed by atoms with van der Waals surface area (Å²) < 4.78 is 3.72. The van der Waals surface area contributed by atoms with Crippen LogP contribution >= 0.6 is 69.8 Å². The van der Waals surface area contributed by atoms with Crippen molar-refractivity contribution in [2.24, 2.45) is 10.8 Å². The van der Waals surface area contributed by atoms with Crippen LogP contribution in [-0.2, 0) is 9.59 Å². The van der Waals surface area contributed by atoms with E-state index in [4.69, 9.17) is 62.7 Å². The molecule has 2 N–H and O–H groups in total. The highest BCUT2D eigenvalue weighted by molar-refractivity contribution is 7.99. The molecule has 0 saturated carbocycles. The van der Waals surface area contributed by atoms with Gasteiger partial charge in [0.05, 0.1) is 0 Å². The SMILES string of the molecule is Cc1cc(O[C@@H](NC(=O)C(C)(C)C)C(Cl)(Cl)Cl)nc(S[C@@H](NC(=O)C(C)(C)C)C(Cl)Cl)n1. The van der Waals surface area contributed by atoms with Crippen molar-refractivity contribution in [1.82, 2.24) is 20.6 Å². The Morgan fingerprint density at radius 3 is 1.91 bits per heavy atom. The fourth-order valence-corrected chi connectivity index (χ4v) is 3.43. The number of aryl methyl sites for hydroxylation is 1. The van der Waals surface area contributed by atoms with E-state index in [1.165, 1.54) is 6.07 Å². The van der Waals surface area contributed by atoms with E-state index in [1.807, 2.05) is 0 Å². The third-order valence-electron chi connectivity index (χ3n) is 3.71. The van der Waals surface area contributed by atoms with E-state index < -0.39 is 31.1 Å². The monoisotopic (exact) mass is 566 g/mol. The second-order valence-electron chi connectivity index (χ2n) is 8.99. The van der Waals surface area contributed by atoms with Gasteiger partial charge in [0.15, 0.2) is 5.16 Å². The smallest absolute Gasteiger partial charge is 0.246 e. The predicted molar refractivity (Wildman–Crippen MR) is 132 cm³/mol. The number of alkyl halides is 5. The minimum atomic E-state index is -1.98. The maximum atomic E-state index is 12.4. The van der Waals surface area contributed by atoms with Crippen LogP contribution in [-0.4, -0.2) is 42.0 Å². The summed E-state index contributed by atoms with van der Waals surface area (Å²) in [5.41, 5.74) is -0.857. The Morgan fingerprint density at radius 1 is 0.969 bits per heavy atom. The van der Waals surface area contributed by atoms with Gasteiger partial charge in [0, 0.05) is 22.6 Å². The summed E-state index contributed by atoms with van der Waals surface area (Å²) in [4.78, 5) is 32.4. The van der Waals surface area contributed by atoms with Crippen molar-refractivity contribution in [2.45, 2.75) is 73.9 Å².